The number of carboxylic acids is 1. The molecule has 0 fully saturated rings. The topological polar surface area (TPSA) is 66.4 Å². The first kappa shape index (κ1) is 13.3. The van der Waals surface area contributed by atoms with Gasteiger partial charge >= 0.3 is 5.97 Å². The van der Waals surface area contributed by atoms with Crippen molar-refractivity contribution < 1.29 is 14.7 Å². The summed E-state index contributed by atoms with van der Waals surface area (Å²) in [5.41, 5.74) is 1.94. The Morgan fingerprint density at radius 2 is 2.05 bits per heavy atom. The molecule has 2 N–H and O–H groups in total. The van der Waals surface area contributed by atoms with Gasteiger partial charge in [0, 0.05) is 11.6 Å². The van der Waals surface area contributed by atoms with Gasteiger partial charge in [0.2, 0.25) is 0 Å². The third-order valence-corrected chi connectivity index (χ3v) is 3.60. The number of hydrogen-bond donors (Lipinski definition) is 2. The van der Waals surface area contributed by atoms with Gasteiger partial charge in [-0.1, -0.05) is 38.5 Å². The van der Waals surface area contributed by atoms with Crippen molar-refractivity contribution in [2.24, 2.45) is 5.92 Å². The van der Waals surface area contributed by atoms with E-state index >= 15 is 0 Å². The third kappa shape index (κ3) is 2.52. The zero-order chi connectivity index (χ0) is 14.0. The molecule has 1 aromatic carbocycles. The summed E-state index contributed by atoms with van der Waals surface area (Å²) in [6, 6.07) is 6.87. The smallest absolute Gasteiger partial charge is 0.328 e. The summed E-state index contributed by atoms with van der Waals surface area (Å²) in [5.74, 6) is -0.944. The Balaban J connectivity index is 2.57. The highest BCUT2D eigenvalue weighted by atomic mass is 16.4. The first-order valence-corrected chi connectivity index (χ1v) is 6.39. The van der Waals surface area contributed by atoms with Crippen molar-refractivity contribution in [3.05, 3.63) is 41.5 Å². The molecular formula is C15H17NO3. The van der Waals surface area contributed by atoms with E-state index in [9.17, 15) is 9.59 Å². The standard InChI is InChI=1S/C15H17NO3/c1-3-9(2)14-12(8-13(17)18)10-6-4-5-7-11(10)15(19)16-14/h4-9,14H,3H2,1-2H3,(H,16,19)(H,17,18)/t9-,14-/m0/s1. The molecule has 0 aliphatic carbocycles. The molecular weight excluding hydrogens is 242 g/mol. The lowest BCUT2D eigenvalue weighted by molar-refractivity contribution is -0.131. The lowest BCUT2D eigenvalue weighted by Crippen LogP contribution is -2.44. The molecule has 4 nitrogen and oxygen atoms in total. The Morgan fingerprint density at radius 1 is 1.42 bits per heavy atom. The number of hydrogen-bond acceptors (Lipinski definition) is 2. The fourth-order valence-electron chi connectivity index (χ4n) is 2.38. The van der Waals surface area contributed by atoms with Crippen LogP contribution >= 0.6 is 0 Å². The van der Waals surface area contributed by atoms with Crippen molar-refractivity contribution in [1.29, 1.82) is 0 Å². The molecule has 1 heterocycles. The Labute approximate surface area is 112 Å². The van der Waals surface area contributed by atoms with Crippen LogP contribution in [-0.2, 0) is 4.79 Å². The van der Waals surface area contributed by atoms with Gasteiger partial charge < -0.3 is 10.4 Å². The Bertz CT molecular complexity index is 548. The number of carboxylic acid groups (broad SMARTS) is 1. The van der Waals surface area contributed by atoms with Crippen molar-refractivity contribution in [3.63, 3.8) is 0 Å². The summed E-state index contributed by atoms with van der Waals surface area (Å²) in [7, 11) is 0. The summed E-state index contributed by atoms with van der Waals surface area (Å²) >= 11 is 0. The molecule has 2 atom stereocenters. The minimum Gasteiger partial charge on any atom is -0.478 e. The zero-order valence-electron chi connectivity index (χ0n) is 11.0. The predicted molar refractivity (Wildman–Crippen MR) is 72.8 cm³/mol. The normalized spacial score (nSPS) is 21.7. The molecule has 100 valence electrons. The van der Waals surface area contributed by atoms with Gasteiger partial charge in [-0.3, -0.25) is 4.79 Å². The maximum absolute atomic E-state index is 12.1. The van der Waals surface area contributed by atoms with Crippen LogP contribution in [0.4, 0.5) is 0 Å². The summed E-state index contributed by atoms with van der Waals surface area (Å²) in [5, 5.41) is 11.9. The number of benzene rings is 1. The highest BCUT2D eigenvalue weighted by Crippen LogP contribution is 2.31. The maximum Gasteiger partial charge on any atom is 0.328 e. The average Bonchev–Trinajstić information content (AvgIpc) is 2.40. The lowest BCUT2D eigenvalue weighted by atomic mass is 9.82. The van der Waals surface area contributed by atoms with Crippen LogP contribution in [0, 0.1) is 5.92 Å². The molecule has 4 heteroatoms. The van der Waals surface area contributed by atoms with E-state index in [1.54, 1.807) is 18.2 Å². The molecule has 0 saturated heterocycles. The van der Waals surface area contributed by atoms with E-state index in [-0.39, 0.29) is 17.9 Å². The number of rotatable bonds is 3. The van der Waals surface area contributed by atoms with Gasteiger partial charge in [-0.25, -0.2) is 4.79 Å². The Kier molecular flexibility index (Phi) is 3.69. The molecule has 0 bridgehead atoms. The van der Waals surface area contributed by atoms with Crippen molar-refractivity contribution in [2.45, 2.75) is 26.3 Å². The monoisotopic (exact) mass is 259 g/mol. The average molecular weight is 259 g/mol. The van der Waals surface area contributed by atoms with Crippen molar-refractivity contribution >= 4 is 17.4 Å². The van der Waals surface area contributed by atoms with Crippen LogP contribution in [0.25, 0.3) is 5.57 Å². The van der Waals surface area contributed by atoms with Crippen molar-refractivity contribution in [3.8, 4) is 0 Å². The van der Waals surface area contributed by atoms with Crippen molar-refractivity contribution in [1.82, 2.24) is 5.32 Å². The SMILES string of the molecule is CC[C@H](C)[C@@H]1NC(=O)c2ccccc2C1=CC(=O)O. The summed E-state index contributed by atoms with van der Waals surface area (Å²) in [4.78, 5) is 23.1. The fraction of sp³-hybridized carbons (Fsp3) is 0.333. The van der Waals surface area contributed by atoms with E-state index in [2.05, 4.69) is 5.32 Å². The quantitative estimate of drug-likeness (QED) is 0.819. The highest BCUT2D eigenvalue weighted by Gasteiger charge is 2.31. The van der Waals surface area contributed by atoms with Crippen LogP contribution in [0.3, 0.4) is 0 Å². The molecule has 2 rings (SSSR count). The van der Waals surface area contributed by atoms with Gasteiger partial charge in [0.1, 0.15) is 0 Å². The van der Waals surface area contributed by atoms with E-state index < -0.39 is 5.97 Å². The second kappa shape index (κ2) is 5.26. The minimum absolute atomic E-state index is 0.136. The predicted octanol–water partition coefficient (Wildman–Crippen LogP) is 2.31. The second-order valence-electron chi connectivity index (χ2n) is 4.82. The number of carbonyl (C=O) groups excluding carboxylic acids is 1. The van der Waals surface area contributed by atoms with Crippen LogP contribution in [0.15, 0.2) is 30.3 Å². The van der Waals surface area contributed by atoms with Gasteiger partial charge in [-0.15, -0.1) is 0 Å². The van der Waals surface area contributed by atoms with Crippen LogP contribution in [-0.4, -0.2) is 23.0 Å². The molecule has 1 amide bonds. The molecule has 0 aromatic heterocycles. The molecule has 1 aliphatic rings. The minimum atomic E-state index is -0.991. The van der Waals surface area contributed by atoms with E-state index in [0.717, 1.165) is 12.0 Å². The Hall–Kier alpha value is -2.10. The first-order valence-electron chi connectivity index (χ1n) is 6.39. The number of aliphatic carboxylic acids is 1. The molecule has 0 unspecified atom stereocenters. The Morgan fingerprint density at radius 3 is 2.63 bits per heavy atom. The molecule has 1 aromatic rings. The molecule has 0 saturated carbocycles. The number of amides is 1. The van der Waals surface area contributed by atoms with E-state index in [0.29, 0.717) is 11.1 Å². The van der Waals surface area contributed by atoms with Crippen LogP contribution in [0.2, 0.25) is 0 Å². The number of nitrogens with one attached hydrogen (secondary N) is 1. The van der Waals surface area contributed by atoms with E-state index in [4.69, 9.17) is 5.11 Å². The molecule has 0 spiro atoms. The second-order valence-corrected chi connectivity index (χ2v) is 4.82. The summed E-state index contributed by atoms with van der Waals surface area (Å²) in [6.07, 6.45) is 2.07. The summed E-state index contributed by atoms with van der Waals surface area (Å²) in [6.45, 7) is 4.03. The van der Waals surface area contributed by atoms with Gasteiger partial charge in [0.15, 0.2) is 0 Å². The summed E-state index contributed by atoms with van der Waals surface area (Å²) < 4.78 is 0. The van der Waals surface area contributed by atoms with Crippen LogP contribution in [0.5, 0.6) is 0 Å². The molecule has 0 radical (unpaired) electrons. The lowest BCUT2D eigenvalue weighted by Gasteiger charge is -2.32. The van der Waals surface area contributed by atoms with E-state index in [1.807, 2.05) is 19.9 Å². The fourth-order valence-corrected chi connectivity index (χ4v) is 2.38. The van der Waals surface area contributed by atoms with Gasteiger partial charge in [0.05, 0.1) is 6.04 Å². The molecule has 19 heavy (non-hydrogen) atoms. The van der Waals surface area contributed by atoms with Gasteiger partial charge in [0.25, 0.3) is 5.91 Å². The van der Waals surface area contributed by atoms with E-state index in [1.165, 1.54) is 6.08 Å². The zero-order valence-corrected chi connectivity index (χ0v) is 11.0. The largest absolute Gasteiger partial charge is 0.478 e. The highest BCUT2D eigenvalue weighted by molar-refractivity contribution is 6.06. The maximum atomic E-state index is 12.1. The van der Waals surface area contributed by atoms with Crippen molar-refractivity contribution in [2.75, 3.05) is 0 Å². The van der Waals surface area contributed by atoms with Gasteiger partial charge in [-0.2, -0.15) is 0 Å². The number of fused-ring (bicyclic) bond motifs is 1. The molecule has 1 aliphatic heterocycles. The third-order valence-electron chi connectivity index (χ3n) is 3.60. The van der Waals surface area contributed by atoms with Crippen LogP contribution in [0.1, 0.15) is 36.2 Å². The first-order chi connectivity index (χ1) is 9.04. The number of carbonyl (C=O) groups is 2. The van der Waals surface area contributed by atoms with Gasteiger partial charge in [-0.05, 0) is 23.1 Å². The van der Waals surface area contributed by atoms with Crippen LogP contribution < -0.4 is 5.32 Å².